The number of aryl methyl sites for hydroxylation is 1. The van der Waals surface area contributed by atoms with Gasteiger partial charge in [-0.25, -0.2) is 9.18 Å². The molecule has 0 saturated carbocycles. The Kier molecular flexibility index (Phi) is 4.25. The first-order chi connectivity index (χ1) is 9.49. The van der Waals surface area contributed by atoms with E-state index in [0.29, 0.717) is 11.1 Å². The normalized spacial score (nSPS) is 10.3. The molecule has 5 heteroatoms. The van der Waals surface area contributed by atoms with Crippen molar-refractivity contribution in [2.75, 3.05) is 0 Å². The minimum Gasteiger partial charge on any atom is -0.486 e. The molecule has 1 N–H and O–H groups in total. The zero-order valence-corrected chi connectivity index (χ0v) is 11.4. The Morgan fingerprint density at radius 3 is 2.75 bits per heavy atom. The third kappa shape index (κ3) is 3.08. The van der Waals surface area contributed by atoms with Gasteiger partial charge in [0.05, 0.1) is 5.56 Å². The third-order valence-corrected chi connectivity index (χ3v) is 3.19. The molecule has 0 radical (unpaired) electrons. The third-order valence-electron chi connectivity index (χ3n) is 2.84. The van der Waals surface area contributed by atoms with Gasteiger partial charge in [0.2, 0.25) is 0 Å². The van der Waals surface area contributed by atoms with Crippen LogP contribution in [0.2, 0.25) is 5.02 Å². The first kappa shape index (κ1) is 14.3. The van der Waals surface area contributed by atoms with Gasteiger partial charge in [-0.15, -0.1) is 0 Å². The number of carbonyl (C=O) groups is 1. The first-order valence-corrected chi connectivity index (χ1v) is 6.26. The SMILES string of the molecule is Cc1cccc(OCc2ccc(C(=O)O)cc2Cl)c1F. The zero-order valence-electron chi connectivity index (χ0n) is 10.7. The van der Waals surface area contributed by atoms with Crippen LogP contribution < -0.4 is 4.74 Å². The molecule has 0 fully saturated rings. The molecule has 2 rings (SSSR count). The zero-order chi connectivity index (χ0) is 14.7. The fourth-order valence-corrected chi connectivity index (χ4v) is 1.92. The molecule has 0 aliphatic carbocycles. The number of carboxylic acid groups (broad SMARTS) is 1. The minimum atomic E-state index is -1.05. The molecule has 0 heterocycles. The Morgan fingerprint density at radius 1 is 1.35 bits per heavy atom. The van der Waals surface area contributed by atoms with Crippen LogP contribution in [-0.4, -0.2) is 11.1 Å². The van der Waals surface area contributed by atoms with Crippen LogP contribution in [-0.2, 0) is 6.61 Å². The molecule has 0 aliphatic heterocycles. The topological polar surface area (TPSA) is 46.5 Å². The second-order valence-corrected chi connectivity index (χ2v) is 4.69. The van der Waals surface area contributed by atoms with E-state index in [9.17, 15) is 9.18 Å². The smallest absolute Gasteiger partial charge is 0.335 e. The van der Waals surface area contributed by atoms with E-state index in [1.165, 1.54) is 18.2 Å². The lowest BCUT2D eigenvalue weighted by molar-refractivity contribution is 0.0697. The summed E-state index contributed by atoms with van der Waals surface area (Å²) in [7, 11) is 0. The number of aromatic carboxylic acids is 1. The molecule has 0 unspecified atom stereocenters. The largest absolute Gasteiger partial charge is 0.486 e. The van der Waals surface area contributed by atoms with Crippen molar-refractivity contribution in [2.45, 2.75) is 13.5 Å². The van der Waals surface area contributed by atoms with Gasteiger partial charge in [-0.3, -0.25) is 0 Å². The van der Waals surface area contributed by atoms with E-state index in [0.717, 1.165) is 0 Å². The van der Waals surface area contributed by atoms with Crippen molar-refractivity contribution in [2.24, 2.45) is 0 Å². The van der Waals surface area contributed by atoms with Crippen LogP contribution in [0.5, 0.6) is 5.75 Å². The number of benzene rings is 2. The monoisotopic (exact) mass is 294 g/mol. The molecule has 0 atom stereocenters. The minimum absolute atomic E-state index is 0.0686. The van der Waals surface area contributed by atoms with Crippen LogP contribution in [0, 0.1) is 12.7 Å². The Labute approximate surface area is 120 Å². The Morgan fingerprint density at radius 2 is 2.10 bits per heavy atom. The molecule has 2 aromatic rings. The van der Waals surface area contributed by atoms with Crippen molar-refractivity contribution in [1.29, 1.82) is 0 Å². The summed E-state index contributed by atoms with van der Waals surface area (Å²) in [6.07, 6.45) is 0. The number of carboxylic acids is 1. The Hall–Kier alpha value is -2.07. The lowest BCUT2D eigenvalue weighted by atomic mass is 10.1. The van der Waals surface area contributed by atoms with E-state index in [2.05, 4.69) is 0 Å². The summed E-state index contributed by atoms with van der Waals surface area (Å²) in [6.45, 7) is 1.72. The molecular weight excluding hydrogens is 283 g/mol. The van der Waals surface area contributed by atoms with Crippen molar-refractivity contribution < 1.29 is 19.0 Å². The van der Waals surface area contributed by atoms with Crippen molar-refractivity contribution in [1.82, 2.24) is 0 Å². The second kappa shape index (κ2) is 5.92. The number of halogens is 2. The van der Waals surface area contributed by atoms with Crippen LogP contribution in [0.3, 0.4) is 0 Å². The number of ether oxygens (including phenoxy) is 1. The number of hydrogen-bond acceptors (Lipinski definition) is 2. The van der Waals surface area contributed by atoms with Gasteiger partial charge in [-0.2, -0.15) is 0 Å². The van der Waals surface area contributed by atoms with Gasteiger partial charge in [0.25, 0.3) is 0 Å². The highest BCUT2D eigenvalue weighted by atomic mass is 35.5. The van der Waals surface area contributed by atoms with Crippen LogP contribution in [0.25, 0.3) is 0 Å². The van der Waals surface area contributed by atoms with Gasteiger partial charge in [-0.1, -0.05) is 29.8 Å². The van der Waals surface area contributed by atoms with Crippen LogP contribution in [0.15, 0.2) is 36.4 Å². The lowest BCUT2D eigenvalue weighted by Gasteiger charge is -2.10. The first-order valence-electron chi connectivity index (χ1n) is 5.88. The molecule has 3 nitrogen and oxygen atoms in total. The summed E-state index contributed by atoms with van der Waals surface area (Å²) >= 11 is 5.97. The molecule has 0 saturated heterocycles. The van der Waals surface area contributed by atoms with Crippen LogP contribution >= 0.6 is 11.6 Å². The van der Waals surface area contributed by atoms with E-state index < -0.39 is 11.8 Å². The molecular formula is C15H12ClFO3. The maximum atomic E-state index is 13.7. The summed E-state index contributed by atoms with van der Waals surface area (Å²) < 4.78 is 19.1. The highest BCUT2D eigenvalue weighted by molar-refractivity contribution is 6.31. The fraction of sp³-hybridized carbons (Fsp3) is 0.133. The van der Waals surface area contributed by atoms with Crippen molar-refractivity contribution in [3.8, 4) is 5.75 Å². The second-order valence-electron chi connectivity index (χ2n) is 4.29. The van der Waals surface area contributed by atoms with Crippen molar-refractivity contribution in [3.05, 3.63) is 63.9 Å². The molecule has 0 aliphatic rings. The molecule has 0 amide bonds. The van der Waals surface area contributed by atoms with E-state index in [1.807, 2.05) is 0 Å². The summed E-state index contributed by atoms with van der Waals surface area (Å²) in [5.41, 5.74) is 1.19. The molecule has 0 aromatic heterocycles. The van der Waals surface area contributed by atoms with Gasteiger partial charge in [0.15, 0.2) is 11.6 Å². The Balaban J connectivity index is 2.15. The highest BCUT2D eigenvalue weighted by Gasteiger charge is 2.10. The van der Waals surface area contributed by atoms with E-state index >= 15 is 0 Å². The van der Waals surface area contributed by atoms with Crippen LogP contribution in [0.1, 0.15) is 21.5 Å². The Bertz CT molecular complexity index is 656. The standard InChI is InChI=1S/C15H12ClFO3/c1-9-3-2-4-13(14(9)17)20-8-11-6-5-10(15(18)19)7-12(11)16/h2-7H,8H2,1H3,(H,18,19). The van der Waals surface area contributed by atoms with E-state index in [-0.39, 0.29) is 22.9 Å². The predicted molar refractivity (Wildman–Crippen MR) is 73.9 cm³/mol. The van der Waals surface area contributed by atoms with Gasteiger partial charge in [-0.05, 0) is 30.7 Å². The maximum Gasteiger partial charge on any atom is 0.335 e. The van der Waals surface area contributed by atoms with Crippen molar-refractivity contribution in [3.63, 3.8) is 0 Å². The van der Waals surface area contributed by atoms with Gasteiger partial charge in [0.1, 0.15) is 6.61 Å². The average molecular weight is 295 g/mol. The molecule has 104 valence electrons. The summed E-state index contributed by atoms with van der Waals surface area (Å²) in [5, 5.41) is 9.11. The quantitative estimate of drug-likeness (QED) is 0.925. The van der Waals surface area contributed by atoms with Gasteiger partial charge >= 0.3 is 5.97 Å². The van der Waals surface area contributed by atoms with E-state index in [1.54, 1.807) is 25.1 Å². The van der Waals surface area contributed by atoms with E-state index in [4.69, 9.17) is 21.4 Å². The maximum absolute atomic E-state index is 13.7. The molecule has 2 aromatic carbocycles. The summed E-state index contributed by atoms with van der Waals surface area (Å²) in [5.74, 6) is -1.32. The molecule has 0 bridgehead atoms. The van der Waals surface area contributed by atoms with Crippen molar-refractivity contribution >= 4 is 17.6 Å². The van der Waals surface area contributed by atoms with Crippen LogP contribution in [0.4, 0.5) is 4.39 Å². The summed E-state index contributed by atoms with van der Waals surface area (Å²) in [6, 6.07) is 9.20. The predicted octanol–water partition coefficient (Wildman–Crippen LogP) is 4.06. The molecule has 20 heavy (non-hydrogen) atoms. The fourth-order valence-electron chi connectivity index (χ4n) is 1.68. The highest BCUT2D eigenvalue weighted by Crippen LogP contribution is 2.23. The van der Waals surface area contributed by atoms with Gasteiger partial charge < -0.3 is 9.84 Å². The average Bonchev–Trinajstić information content (AvgIpc) is 2.41. The number of hydrogen-bond donors (Lipinski definition) is 1. The lowest BCUT2D eigenvalue weighted by Crippen LogP contribution is -2.01. The number of rotatable bonds is 4. The van der Waals surface area contributed by atoms with Gasteiger partial charge in [0, 0.05) is 10.6 Å². The molecule has 0 spiro atoms. The summed E-state index contributed by atoms with van der Waals surface area (Å²) in [4.78, 5) is 10.8.